The maximum Gasteiger partial charge on any atom is 0.337 e. The van der Waals surface area contributed by atoms with Crippen LogP contribution in [0.5, 0.6) is 0 Å². The molecule has 1 fully saturated rings. The molecule has 0 unspecified atom stereocenters. The summed E-state index contributed by atoms with van der Waals surface area (Å²) >= 11 is 6.07. The van der Waals surface area contributed by atoms with Gasteiger partial charge in [0.1, 0.15) is 0 Å². The molecule has 0 bridgehead atoms. The average Bonchev–Trinajstić information content (AvgIpc) is 2.89. The van der Waals surface area contributed by atoms with Gasteiger partial charge in [0.15, 0.2) is 0 Å². The molecule has 8 nitrogen and oxygen atoms in total. The second-order valence-corrected chi connectivity index (χ2v) is 9.80. The summed E-state index contributed by atoms with van der Waals surface area (Å²) < 4.78 is 2.23. The van der Waals surface area contributed by atoms with Gasteiger partial charge in [-0.05, 0) is 54.8 Å². The van der Waals surface area contributed by atoms with Crippen molar-refractivity contribution in [3.63, 3.8) is 0 Å². The van der Waals surface area contributed by atoms with Crippen molar-refractivity contribution in [3.05, 3.63) is 104 Å². The second-order valence-electron chi connectivity index (χ2n) is 9.36. The van der Waals surface area contributed by atoms with Crippen LogP contribution >= 0.6 is 11.6 Å². The van der Waals surface area contributed by atoms with E-state index in [1.54, 1.807) is 19.2 Å². The molecule has 0 spiro atoms. The maximum absolute atomic E-state index is 13.4. The minimum absolute atomic E-state index is 0.0584. The van der Waals surface area contributed by atoms with Crippen LogP contribution in [-0.2, 0) is 13.6 Å². The summed E-state index contributed by atoms with van der Waals surface area (Å²) in [6, 6.07) is 20.0. The van der Waals surface area contributed by atoms with Crippen molar-refractivity contribution in [2.45, 2.75) is 25.4 Å². The van der Waals surface area contributed by atoms with Gasteiger partial charge in [-0.25, -0.2) is 14.2 Å². The third kappa shape index (κ3) is 5.03. The van der Waals surface area contributed by atoms with Crippen LogP contribution in [0, 0.1) is 0 Å². The normalized spacial score (nSPS) is 14.6. The first-order valence-corrected chi connectivity index (χ1v) is 12.5. The molecule has 2 N–H and O–H groups in total. The van der Waals surface area contributed by atoms with E-state index in [2.05, 4.69) is 34.5 Å². The van der Waals surface area contributed by atoms with Crippen molar-refractivity contribution >= 4 is 34.2 Å². The van der Waals surface area contributed by atoms with Crippen LogP contribution in [0.4, 0.5) is 5.69 Å². The van der Waals surface area contributed by atoms with Crippen molar-refractivity contribution < 1.29 is 9.90 Å². The molecule has 1 aliphatic heterocycles. The summed E-state index contributed by atoms with van der Waals surface area (Å²) in [5, 5.41) is 13.7. The maximum atomic E-state index is 13.4. The van der Waals surface area contributed by atoms with E-state index in [9.17, 15) is 19.5 Å². The third-order valence-corrected chi connectivity index (χ3v) is 7.14. The lowest BCUT2D eigenvalue weighted by molar-refractivity contribution is 0.0697. The van der Waals surface area contributed by atoms with Crippen LogP contribution < -0.4 is 16.6 Å². The van der Waals surface area contributed by atoms with E-state index in [4.69, 9.17) is 11.6 Å². The summed E-state index contributed by atoms with van der Waals surface area (Å²) in [6.45, 7) is 2.90. The van der Waals surface area contributed by atoms with Gasteiger partial charge >= 0.3 is 11.7 Å². The first-order chi connectivity index (χ1) is 17.8. The number of benzene rings is 3. The summed E-state index contributed by atoms with van der Waals surface area (Å²) in [6.07, 6.45) is 1.97. The van der Waals surface area contributed by atoms with Gasteiger partial charge in [-0.15, -0.1) is 0 Å². The highest BCUT2D eigenvalue weighted by atomic mass is 35.5. The van der Waals surface area contributed by atoms with Gasteiger partial charge in [0.25, 0.3) is 5.56 Å². The molecule has 1 aliphatic rings. The Bertz CT molecular complexity index is 1590. The number of nitrogens with zero attached hydrogens (tertiary/aromatic N) is 3. The lowest BCUT2D eigenvalue weighted by Gasteiger charge is -2.33. The first kappa shape index (κ1) is 24.8. The smallest absolute Gasteiger partial charge is 0.337 e. The molecule has 190 valence electrons. The molecule has 3 aromatic carbocycles. The Labute approximate surface area is 218 Å². The van der Waals surface area contributed by atoms with Crippen LogP contribution in [0.15, 0.2) is 76.3 Å². The topological polar surface area (TPSA) is 96.6 Å². The van der Waals surface area contributed by atoms with Crippen molar-refractivity contribution in [3.8, 4) is 5.69 Å². The fourth-order valence-electron chi connectivity index (χ4n) is 4.94. The van der Waals surface area contributed by atoms with E-state index in [1.165, 1.54) is 28.3 Å². The summed E-state index contributed by atoms with van der Waals surface area (Å²) in [7, 11) is 1.57. The molecule has 5 rings (SSSR count). The molecule has 37 heavy (non-hydrogen) atoms. The van der Waals surface area contributed by atoms with Gasteiger partial charge in [-0.3, -0.25) is 14.3 Å². The molecule has 0 aliphatic carbocycles. The Morgan fingerprint density at radius 3 is 2.46 bits per heavy atom. The Balaban J connectivity index is 1.40. The number of nitrogens with one attached hydrogen (secondary N) is 1. The molecule has 4 aromatic rings. The van der Waals surface area contributed by atoms with Crippen molar-refractivity contribution in [1.29, 1.82) is 0 Å². The molecule has 1 saturated heterocycles. The Kier molecular flexibility index (Phi) is 6.86. The Morgan fingerprint density at radius 1 is 1.03 bits per heavy atom. The van der Waals surface area contributed by atoms with Gasteiger partial charge in [-0.1, -0.05) is 41.9 Å². The molecule has 0 amide bonds. The summed E-state index contributed by atoms with van der Waals surface area (Å²) in [5.74, 6) is -1.25. The lowest BCUT2D eigenvalue weighted by Crippen LogP contribution is -2.39. The molecule has 2 heterocycles. The molecule has 0 radical (unpaired) electrons. The van der Waals surface area contributed by atoms with Gasteiger partial charge in [-0.2, -0.15) is 0 Å². The standard InChI is InChI=1S/C28H27ClN4O4/c1-31-24-16-21(30-20-11-13-32(14-12-20)17-18-5-3-2-4-6-18)8-10-22(24)26(34)33(28(31)37)25-15-19(29)7-9-23(25)27(35)36/h2-10,15-16,20,30H,11-14,17H2,1H3,(H,35,36). The Morgan fingerprint density at radius 2 is 1.76 bits per heavy atom. The second kappa shape index (κ2) is 10.2. The SMILES string of the molecule is Cn1c(=O)n(-c2cc(Cl)ccc2C(=O)O)c(=O)c2ccc(NC3CCN(Cc4ccccc4)CC3)cc21. The quantitative estimate of drug-likeness (QED) is 0.398. The number of fused-ring (bicyclic) bond motifs is 1. The highest BCUT2D eigenvalue weighted by molar-refractivity contribution is 6.30. The number of hydrogen-bond donors (Lipinski definition) is 2. The lowest BCUT2D eigenvalue weighted by atomic mass is 10.0. The summed E-state index contributed by atoms with van der Waals surface area (Å²) in [4.78, 5) is 40.8. The summed E-state index contributed by atoms with van der Waals surface area (Å²) in [5.41, 5.74) is 1.13. The minimum Gasteiger partial charge on any atom is -0.478 e. The number of aromatic nitrogens is 2. The van der Waals surface area contributed by atoms with Gasteiger partial charge in [0.05, 0.1) is 22.2 Å². The predicted octanol–water partition coefficient (Wildman–Crippen LogP) is 4.12. The molecule has 1 aromatic heterocycles. The number of anilines is 1. The fraction of sp³-hybridized carbons (Fsp3) is 0.250. The number of aromatic carboxylic acids is 1. The zero-order chi connectivity index (χ0) is 26.1. The molecule has 9 heteroatoms. The van der Waals surface area contributed by atoms with E-state index in [0.717, 1.165) is 42.7 Å². The molecular formula is C28H27ClN4O4. The van der Waals surface area contributed by atoms with E-state index >= 15 is 0 Å². The highest BCUT2D eigenvalue weighted by Gasteiger charge is 2.21. The first-order valence-electron chi connectivity index (χ1n) is 12.1. The highest BCUT2D eigenvalue weighted by Crippen LogP contribution is 2.23. The van der Waals surface area contributed by atoms with Gasteiger partial charge in [0.2, 0.25) is 0 Å². The minimum atomic E-state index is -1.25. The number of carboxylic acids is 1. The monoisotopic (exact) mass is 518 g/mol. The van der Waals surface area contributed by atoms with Crippen molar-refractivity contribution in [2.24, 2.45) is 7.05 Å². The number of piperidine rings is 1. The van der Waals surface area contributed by atoms with Crippen LogP contribution in [0.2, 0.25) is 5.02 Å². The average molecular weight is 519 g/mol. The van der Waals surface area contributed by atoms with Gasteiger partial charge < -0.3 is 10.4 Å². The number of hydrogen-bond acceptors (Lipinski definition) is 5. The van der Waals surface area contributed by atoms with E-state index < -0.39 is 17.2 Å². The number of rotatable bonds is 6. The van der Waals surface area contributed by atoms with Crippen molar-refractivity contribution in [1.82, 2.24) is 14.0 Å². The molecule has 0 saturated carbocycles. The number of likely N-dealkylation sites (tertiary alicyclic amines) is 1. The van der Waals surface area contributed by atoms with Crippen LogP contribution in [0.1, 0.15) is 28.8 Å². The number of carbonyl (C=O) groups is 1. The fourth-order valence-corrected chi connectivity index (χ4v) is 5.10. The van der Waals surface area contributed by atoms with Crippen LogP contribution in [-0.4, -0.2) is 44.2 Å². The molecular weight excluding hydrogens is 492 g/mol. The number of carboxylic acid groups (broad SMARTS) is 1. The van der Waals surface area contributed by atoms with Crippen molar-refractivity contribution in [2.75, 3.05) is 18.4 Å². The zero-order valence-corrected chi connectivity index (χ0v) is 21.1. The zero-order valence-electron chi connectivity index (χ0n) is 20.4. The van der Waals surface area contributed by atoms with E-state index in [-0.39, 0.29) is 22.3 Å². The van der Waals surface area contributed by atoms with Gasteiger partial charge in [0, 0.05) is 43.4 Å². The molecule has 0 atom stereocenters. The number of halogens is 1. The van der Waals surface area contributed by atoms with E-state index in [0.29, 0.717) is 10.9 Å². The largest absolute Gasteiger partial charge is 0.478 e. The number of aryl methyl sites for hydroxylation is 1. The van der Waals surface area contributed by atoms with Crippen LogP contribution in [0.25, 0.3) is 16.6 Å². The third-order valence-electron chi connectivity index (χ3n) is 6.91. The van der Waals surface area contributed by atoms with E-state index in [1.807, 2.05) is 12.1 Å². The Hall–Kier alpha value is -3.88. The predicted molar refractivity (Wildman–Crippen MR) is 145 cm³/mol. The van der Waals surface area contributed by atoms with Crippen LogP contribution in [0.3, 0.4) is 0 Å².